The summed E-state index contributed by atoms with van der Waals surface area (Å²) in [7, 11) is 0. The van der Waals surface area contributed by atoms with Crippen LogP contribution >= 0.6 is 0 Å². The van der Waals surface area contributed by atoms with Crippen LogP contribution in [0.4, 0.5) is 0 Å². The molecule has 1 aromatic carbocycles. The summed E-state index contributed by atoms with van der Waals surface area (Å²) in [5, 5.41) is 4.47. The Morgan fingerprint density at radius 3 is 2.72 bits per heavy atom. The number of benzene rings is 1. The molecule has 0 spiro atoms. The van der Waals surface area contributed by atoms with Gasteiger partial charge in [0.15, 0.2) is 0 Å². The van der Waals surface area contributed by atoms with E-state index >= 15 is 0 Å². The Morgan fingerprint density at radius 1 is 1.17 bits per heavy atom. The Kier molecular flexibility index (Phi) is 1.87. The highest BCUT2D eigenvalue weighted by atomic mass is 16.2. The molecule has 0 fully saturated rings. The minimum absolute atomic E-state index is 0.0515. The third-order valence-corrected chi connectivity index (χ3v) is 3.84. The standard InChI is InChI=1S/C15H12N2O/c18-15(10-4-2-1-3-5-10)17-9-13-11-6-7-12(8-11)14(13)16-17/h1-7,9,11-12H,8H2. The van der Waals surface area contributed by atoms with Crippen LogP contribution in [0.2, 0.25) is 0 Å². The maximum atomic E-state index is 12.3. The second-order valence-electron chi connectivity index (χ2n) is 4.92. The molecule has 4 rings (SSSR count). The van der Waals surface area contributed by atoms with Gasteiger partial charge >= 0.3 is 0 Å². The summed E-state index contributed by atoms with van der Waals surface area (Å²) in [5.74, 6) is 0.849. The second-order valence-corrected chi connectivity index (χ2v) is 4.92. The molecule has 88 valence electrons. The molecule has 3 heteroatoms. The fourth-order valence-corrected chi connectivity index (χ4v) is 2.92. The van der Waals surface area contributed by atoms with Gasteiger partial charge in [0.1, 0.15) is 0 Å². The maximum Gasteiger partial charge on any atom is 0.278 e. The summed E-state index contributed by atoms with van der Waals surface area (Å²) in [4.78, 5) is 12.3. The number of rotatable bonds is 1. The van der Waals surface area contributed by atoms with Crippen LogP contribution in [-0.4, -0.2) is 15.7 Å². The number of aromatic nitrogens is 2. The highest BCUT2D eigenvalue weighted by molar-refractivity contribution is 5.95. The predicted molar refractivity (Wildman–Crippen MR) is 67.6 cm³/mol. The molecule has 0 aliphatic heterocycles. The predicted octanol–water partition coefficient (Wildman–Crippen LogP) is 2.71. The van der Waals surface area contributed by atoms with Crippen molar-refractivity contribution in [2.45, 2.75) is 18.3 Å². The van der Waals surface area contributed by atoms with Gasteiger partial charge in [-0.1, -0.05) is 30.4 Å². The van der Waals surface area contributed by atoms with Crippen molar-refractivity contribution >= 4 is 5.91 Å². The Bertz CT molecular complexity index is 625. The molecule has 2 aliphatic rings. The zero-order chi connectivity index (χ0) is 12.1. The SMILES string of the molecule is O=C(c1ccccc1)n1cc2c(n1)C1C=CC2C1. The van der Waals surface area contributed by atoms with Crippen molar-refractivity contribution in [3.8, 4) is 0 Å². The van der Waals surface area contributed by atoms with Crippen LogP contribution in [0, 0.1) is 0 Å². The Morgan fingerprint density at radius 2 is 1.94 bits per heavy atom. The topological polar surface area (TPSA) is 34.9 Å². The highest BCUT2D eigenvalue weighted by Gasteiger charge is 2.36. The normalized spacial score (nSPS) is 23.3. The van der Waals surface area contributed by atoms with Crippen molar-refractivity contribution in [3.63, 3.8) is 0 Å². The average molecular weight is 236 g/mol. The van der Waals surface area contributed by atoms with E-state index in [9.17, 15) is 4.79 Å². The number of carbonyl (C=O) groups is 1. The number of carbonyl (C=O) groups excluding carboxylic acids is 1. The summed E-state index contributed by atoms with van der Waals surface area (Å²) >= 11 is 0. The molecule has 2 atom stereocenters. The fraction of sp³-hybridized carbons (Fsp3) is 0.200. The van der Waals surface area contributed by atoms with E-state index in [2.05, 4.69) is 17.3 Å². The number of fused-ring (bicyclic) bond motifs is 5. The molecule has 0 saturated heterocycles. The molecule has 0 radical (unpaired) electrons. The Labute approximate surface area is 105 Å². The van der Waals surface area contributed by atoms with Crippen molar-refractivity contribution in [1.82, 2.24) is 9.78 Å². The van der Waals surface area contributed by atoms with E-state index in [1.807, 2.05) is 36.5 Å². The minimum atomic E-state index is -0.0515. The van der Waals surface area contributed by atoms with Gasteiger partial charge in [0.05, 0.1) is 5.69 Å². The van der Waals surface area contributed by atoms with Crippen LogP contribution in [0.5, 0.6) is 0 Å². The van der Waals surface area contributed by atoms with E-state index in [1.165, 1.54) is 10.2 Å². The molecular formula is C15H12N2O. The summed E-state index contributed by atoms with van der Waals surface area (Å²) in [6.45, 7) is 0. The summed E-state index contributed by atoms with van der Waals surface area (Å²) < 4.78 is 1.49. The molecule has 2 aliphatic carbocycles. The third kappa shape index (κ3) is 1.24. The number of hydrogen-bond donors (Lipinski definition) is 0. The van der Waals surface area contributed by atoms with Crippen molar-refractivity contribution in [3.05, 3.63) is 65.5 Å². The van der Waals surface area contributed by atoms with Gasteiger partial charge in [-0.3, -0.25) is 4.79 Å². The van der Waals surface area contributed by atoms with E-state index in [0.717, 1.165) is 12.1 Å². The van der Waals surface area contributed by atoms with Gasteiger partial charge in [0.2, 0.25) is 0 Å². The largest absolute Gasteiger partial charge is 0.278 e. The molecule has 18 heavy (non-hydrogen) atoms. The molecule has 1 aromatic heterocycles. The molecule has 2 unspecified atom stereocenters. The smallest absolute Gasteiger partial charge is 0.267 e. The van der Waals surface area contributed by atoms with Crippen LogP contribution in [0.25, 0.3) is 0 Å². The summed E-state index contributed by atoms with van der Waals surface area (Å²) in [6.07, 6.45) is 7.47. The lowest BCUT2D eigenvalue weighted by atomic mass is 10.1. The van der Waals surface area contributed by atoms with Gasteiger partial charge in [0, 0.05) is 29.2 Å². The van der Waals surface area contributed by atoms with E-state index in [0.29, 0.717) is 17.4 Å². The molecule has 2 aromatic rings. The number of nitrogens with zero attached hydrogens (tertiary/aromatic N) is 2. The minimum Gasteiger partial charge on any atom is -0.267 e. The lowest BCUT2D eigenvalue weighted by Crippen LogP contribution is -2.13. The highest BCUT2D eigenvalue weighted by Crippen LogP contribution is 2.47. The molecule has 1 heterocycles. The van der Waals surface area contributed by atoms with Gasteiger partial charge in [-0.05, 0) is 18.6 Å². The monoisotopic (exact) mass is 236 g/mol. The first-order valence-electron chi connectivity index (χ1n) is 6.20. The quantitative estimate of drug-likeness (QED) is 0.713. The van der Waals surface area contributed by atoms with Gasteiger partial charge in [-0.15, -0.1) is 0 Å². The fourth-order valence-electron chi connectivity index (χ4n) is 2.92. The van der Waals surface area contributed by atoms with Crippen molar-refractivity contribution in [2.24, 2.45) is 0 Å². The van der Waals surface area contributed by atoms with Crippen LogP contribution in [0.15, 0.2) is 48.7 Å². The zero-order valence-electron chi connectivity index (χ0n) is 9.78. The van der Waals surface area contributed by atoms with E-state index in [1.54, 1.807) is 0 Å². The van der Waals surface area contributed by atoms with Crippen LogP contribution in [0.1, 0.15) is 39.9 Å². The number of allylic oxidation sites excluding steroid dienone is 2. The lowest BCUT2D eigenvalue weighted by Gasteiger charge is -2.02. The first kappa shape index (κ1) is 9.83. The summed E-state index contributed by atoms with van der Waals surface area (Å²) in [5.41, 5.74) is 3.00. The van der Waals surface area contributed by atoms with E-state index < -0.39 is 0 Å². The van der Waals surface area contributed by atoms with Crippen LogP contribution < -0.4 is 0 Å². The molecule has 0 amide bonds. The van der Waals surface area contributed by atoms with Crippen molar-refractivity contribution < 1.29 is 4.79 Å². The molecule has 0 N–H and O–H groups in total. The van der Waals surface area contributed by atoms with Crippen LogP contribution in [0.3, 0.4) is 0 Å². The zero-order valence-corrected chi connectivity index (χ0v) is 9.78. The second kappa shape index (κ2) is 3.42. The molecule has 3 nitrogen and oxygen atoms in total. The van der Waals surface area contributed by atoms with E-state index in [-0.39, 0.29) is 5.91 Å². The van der Waals surface area contributed by atoms with Gasteiger partial charge in [0.25, 0.3) is 5.91 Å². The average Bonchev–Trinajstić information content (AvgIpc) is 3.10. The Hall–Kier alpha value is -2.16. The van der Waals surface area contributed by atoms with Gasteiger partial charge < -0.3 is 0 Å². The first-order chi connectivity index (χ1) is 8.83. The van der Waals surface area contributed by atoms with E-state index in [4.69, 9.17) is 0 Å². The molecular weight excluding hydrogens is 224 g/mol. The van der Waals surface area contributed by atoms with Gasteiger partial charge in [-0.2, -0.15) is 5.10 Å². The summed E-state index contributed by atoms with van der Waals surface area (Å²) in [6, 6.07) is 9.29. The van der Waals surface area contributed by atoms with Gasteiger partial charge in [-0.25, -0.2) is 4.68 Å². The lowest BCUT2D eigenvalue weighted by molar-refractivity contribution is 0.0944. The maximum absolute atomic E-state index is 12.3. The van der Waals surface area contributed by atoms with Crippen molar-refractivity contribution in [2.75, 3.05) is 0 Å². The number of hydrogen-bond acceptors (Lipinski definition) is 2. The third-order valence-electron chi connectivity index (χ3n) is 3.84. The molecule has 0 saturated carbocycles. The van der Waals surface area contributed by atoms with Crippen LogP contribution in [-0.2, 0) is 0 Å². The first-order valence-corrected chi connectivity index (χ1v) is 6.20. The van der Waals surface area contributed by atoms with Crippen molar-refractivity contribution in [1.29, 1.82) is 0 Å². The Balaban J connectivity index is 1.74. The molecule has 2 bridgehead atoms.